The molecule has 16 aromatic rings. The maximum absolute atomic E-state index is 5.83. The fourth-order valence-corrected chi connectivity index (χ4v) is 11.9. The van der Waals surface area contributed by atoms with E-state index < -0.39 is 0 Å². The largest absolute Gasteiger partial charge is 0.310 e. The van der Waals surface area contributed by atoms with Gasteiger partial charge in [0, 0.05) is 49.7 Å². The Hall–Kier alpha value is -10.6. The molecule has 16 rings (SSSR count). The Balaban J connectivity index is 0.996. The molecule has 0 amide bonds. The van der Waals surface area contributed by atoms with E-state index in [2.05, 4.69) is 270 Å². The quantitative estimate of drug-likeness (QED) is 0.117. The van der Waals surface area contributed by atoms with Crippen molar-refractivity contribution in [2.75, 3.05) is 4.90 Å². The molecule has 0 spiro atoms. The Morgan fingerprint density at radius 3 is 1.51 bits per heavy atom. The van der Waals surface area contributed by atoms with Crippen molar-refractivity contribution in [2.45, 2.75) is 0 Å². The van der Waals surface area contributed by atoms with Crippen molar-refractivity contribution < 1.29 is 0 Å². The maximum atomic E-state index is 5.83. The van der Waals surface area contributed by atoms with Gasteiger partial charge in [0.15, 0.2) is 11.6 Å². The maximum Gasteiger partial charge on any atom is 0.238 e. The van der Waals surface area contributed by atoms with Crippen LogP contribution in [0.25, 0.3) is 138 Å². The fourth-order valence-electron chi connectivity index (χ4n) is 11.9. The van der Waals surface area contributed by atoms with Crippen LogP contribution < -0.4 is 4.90 Å². The second kappa shape index (κ2) is 17.5. The first-order chi connectivity index (χ1) is 38.7. The SMILES string of the molecule is c1ccc(N(c2ccccc2)c2ccc3c(c2)c2ccccc2c2nc4ccc5c(c6cc(-c7ccc8ccccc8c7)ccc6n5-c5nc(-c6cccc7ccccc67)nc(-c6cccc7ccccc67)n5)c4nc32)cc1. The van der Waals surface area contributed by atoms with Gasteiger partial charge in [0.25, 0.3) is 0 Å². The van der Waals surface area contributed by atoms with Crippen molar-refractivity contribution in [3.8, 4) is 39.9 Å². The lowest BCUT2D eigenvalue weighted by atomic mass is 9.97. The highest BCUT2D eigenvalue weighted by Crippen LogP contribution is 2.44. The van der Waals surface area contributed by atoms with E-state index in [4.69, 9.17) is 24.9 Å². The molecule has 78 heavy (non-hydrogen) atoms. The van der Waals surface area contributed by atoms with Crippen molar-refractivity contribution in [3.63, 3.8) is 0 Å². The first-order valence-corrected chi connectivity index (χ1v) is 26.3. The van der Waals surface area contributed by atoms with Crippen LogP contribution in [0.4, 0.5) is 17.1 Å². The molecule has 0 bridgehead atoms. The first kappa shape index (κ1) is 43.7. The minimum Gasteiger partial charge on any atom is -0.310 e. The average Bonchev–Trinajstić information content (AvgIpc) is 4.02. The second-order valence-electron chi connectivity index (χ2n) is 20.0. The Kier molecular flexibility index (Phi) is 9.80. The normalized spacial score (nSPS) is 11.8. The highest BCUT2D eigenvalue weighted by Gasteiger charge is 2.24. The monoisotopic (exact) mass is 993 g/mol. The van der Waals surface area contributed by atoms with Gasteiger partial charge in [-0.25, -0.2) is 15.0 Å². The zero-order valence-corrected chi connectivity index (χ0v) is 42.0. The number of anilines is 3. The molecule has 0 aliphatic heterocycles. The highest BCUT2D eigenvalue weighted by molar-refractivity contribution is 6.27. The predicted molar refractivity (Wildman–Crippen MR) is 323 cm³/mol. The van der Waals surface area contributed by atoms with Gasteiger partial charge in [0.2, 0.25) is 5.95 Å². The summed E-state index contributed by atoms with van der Waals surface area (Å²) >= 11 is 0. The molecule has 0 saturated carbocycles. The minimum absolute atomic E-state index is 0.507. The Morgan fingerprint density at radius 1 is 0.282 bits per heavy atom. The number of benzene rings is 13. The number of fused-ring (bicyclic) bond motifs is 14. The van der Waals surface area contributed by atoms with E-state index >= 15 is 0 Å². The van der Waals surface area contributed by atoms with Gasteiger partial charge in [-0.2, -0.15) is 9.97 Å². The fraction of sp³-hybridized carbons (Fsp3) is 0. The molecule has 0 radical (unpaired) electrons. The molecule has 0 fully saturated rings. The van der Waals surface area contributed by atoms with Crippen LogP contribution in [0.15, 0.2) is 261 Å². The summed E-state index contributed by atoms with van der Waals surface area (Å²) in [4.78, 5) is 30.1. The summed E-state index contributed by atoms with van der Waals surface area (Å²) in [6.07, 6.45) is 0. The zero-order valence-electron chi connectivity index (χ0n) is 42.0. The number of para-hydroxylation sites is 2. The summed E-state index contributed by atoms with van der Waals surface area (Å²) in [6.45, 7) is 0. The van der Waals surface area contributed by atoms with Gasteiger partial charge in [-0.05, 0) is 121 Å². The third-order valence-corrected chi connectivity index (χ3v) is 15.5. The highest BCUT2D eigenvalue weighted by atomic mass is 15.2. The van der Waals surface area contributed by atoms with Crippen molar-refractivity contribution >= 4 is 115 Å². The number of nitrogens with zero attached hydrogens (tertiary/aromatic N) is 7. The molecule has 3 heterocycles. The Labute approximate surface area is 447 Å². The topological polar surface area (TPSA) is 72.6 Å². The van der Waals surface area contributed by atoms with E-state index in [9.17, 15) is 0 Å². The van der Waals surface area contributed by atoms with E-state index in [0.717, 1.165) is 126 Å². The smallest absolute Gasteiger partial charge is 0.238 e. The summed E-state index contributed by atoms with van der Waals surface area (Å²) < 4.78 is 2.21. The van der Waals surface area contributed by atoms with E-state index in [1.165, 1.54) is 10.8 Å². The third kappa shape index (κ3) is 6.95. The van der Waals surface area contributed by atoms with Crippen molar-refractivity contribution in [1.29, 1.82) is 0 Å². The number of hydrogen-bond acceptors (Lipinski definition) is 6. The van der Waals surface area contributed by atoms with Crippen LogP contribution in [0.2, 0.25) is 0 Å². The van der Waals surface area contributed by atoms with Crippen molar-refractivity contribution in [2.24, 2.45) is 0 Å². The lowest BCUT2D eigenvalue weighted by molar-refractivity contribution is 0.955. The Morgan fingerprint density at radius 2 is 0.821 bits per heavy atom. The minimum atomic E-state index is 0.507. The predicted octanol–water partition coefficient (Wildman–Crippen LogP) is 18.3. The van der Waals surface area contributed by atoms with Crippen LogP contribution in [0.5, 0.6) is 0 Å². The van der Waals surface area contributed by atoms with E-state index in [-0.39, 0.29) is 0 Å². The number of aromatic nitrogens is 6. The molecule has 0 N–H and O–H groups in total. The summed E-state index contributed by atoms with van der Waals surface area (Å²) in [7, 11) is 0. The van der Waals surface area contributed by atoms with Gasteiger partial charge in [0.05, 0.1) is 33.1 Å². The van der Waals surface area contributed by atoms with Gasteiger partial charge in [-0.15, -0.1) is 0 Å². The molecule has 3 aromatic heterocycles. The molecule has 0 unspecified atom stereocenters. The van der Waals surface area contributed by atoms with E-state index in [1.807, 2.05) is 0 Å². The molecule has 7 heteroatoms. The third-order valence-electron chi connectivity index (χ3n) is 15.5. The molecule has 0 aliphatic carbocycles. The average molecular weight is 994 g/mol. The molecule has 0 atom stereocenters. The molecule has 362 valence electrons. The second-order valence-corrected chi connectivity index (χ2v) is 20.0. The number of rotatable bonds is 7. The van der Waals surface area contributed by atoms with Crippen molar-refractivity contribution in [1.82, 2.24) is 29.5 Å². The van der Waals surface area contributed by atoms with Crippen LogP contribution in [0, 0.1) is 0 Å². The van der Waals surface area contributed by atoms with Gasteiger partial charge >= 0.3 is 0 Å². The van der Waals surface area contributed by atoms with Crippen LogP contribution in [-0.2, 0) is 0 Å². The summed E-state index contributed by atoms with van der Waals surface area (Å²) in [5, 5.41) is 13.0. The van der Waals surface area contributed by atoms with Crippen LogP contribution in [-0.4, -0.2) is 29.5 Å². The van der Waals surface area contributed by atoms with E-state index in [1.54, 1.807) is 0 Å². The lowest BCUT2D eigenvalue weighted by Crippen LogP contribution is -2.09. The van der Waals surface area contributed by atoms with Gasteiger partial charge in [-0.1, -0.05) is 194 Å². The van der Waals surface area contributed by atoms with E-state index in [0.29, 0.717) is 17.6 Å². The van der Waals surface area contributed by atoms with Crippen LogP contribution >= 0.6 is 0 Å². The standard InChI is InChI=1S/C71H43N7/c1-3-23-50(24-4-1)77(51-25-5-2-6-26-51)52-36-37-57-60(43-52)55-29-13-14-30-56(55)66-67(57)73-68-62(72-66)38-40-64-65(68)61-42-49(48-34-33-44-17-7-8-20-47(44)41-48)35-39-63(61)78(64)71-75-69(58-31-15-21-45-18-9-11-27-53(45)58)74-70(76-71)59-32-16-22-46-19-10-12-28-54(46)59/h1-43H. The number of hydrogen-bond donors (Lipinski definition) is 0. The molecule has 7 nitrogen and oxygen atoms in total. The first-order valence-electron chi connectivity index (χ1n) is 26.3. The van der Waals surface area contributed by atoms with Gasteiger partial charge in [-0.3, -0.25) is 4.57 Å². The van der Waals surface area contributed by atoms with Crippen LogP contribution in [0.1, 0.15) is 0 Å². The van der Waals surface area contributed by atoms with Gasteiger partial charge < -0.3 is 4.90 Å². The summed E-state index contributed by atoms with van der Waals surface area (Å²) in [5.74, 6) is 1.68. The molecule has 0 aliphatic rings. The van der Waals surface area contributed by atoms with Crippen molar-refractivity contribution in [3.05, 3.63) is 261 Å². The summed E-state index contributed by atoms with van der Waals surface area (Å²) in [5.41, 5.74) is 12.4. The molecule has 13 aromatic carbocycles. The summed E-state index contributed by atoms with van der Waals surface area (Å²) in [6, 6.07) is 92.3. The molecule has 0 saturated heterocycles. The Bertz CT molecular complexity index is 4960. The molecular formula is C71H43N7. The van der Waals surface area contributed by atoms with Gasteiger partial charge in [0.1, 0.15) is 0 Å². The lowest BCUT2D eigenvalue weighted by Gasteiger charge is -2.26. The molecular weight excluding hydrogens is 951 g/mol. The van der Waals surface area contributed by atoms with Crippen LogP contribution in [0.3, 0.4) is 0 Å². The zero-order chi connectivity index (χ0) is 51.3.